The Balaban J connectivity index is 3.03. The average Bonchev–Trinajstić information content (AvgIpc) is 1.87. The molecule has 0 nitrogen and oxygen atoms in total. The molecule has 0 fully saturated rings. The van der Waals surface area contributed by atoms with Crippen molar-refractivity contribution in [1.29, 1.82) is 0 Å². The summed E-state index contributed by atoms with van der Waals surface area (Å²) in [4.78, 5) is 0. The molecular formula is C8H17BrS. The summed E-state index contributed by atoms with van der Waals surface area (Å²) in [5, 5.41) is 1.14. The van der Waals surface area contributed by atoms with E-state index in [1.54, 1.807) is 0 Å². The molecule has 0 amide bonds. The zero-order valence-corrected chi connectivity index (χ0v) is 9.46. The molecule has 0 aliphatic rings. The lowest BCUT2D eigenvalue weighted by molar-refractivity contribution is 0.737. The Hall–Kier alpha value is 0.830. The van der Waals surface area contributed by atoms with E-state index in [2.05, 4.69) is 48.5 Å². The molecule has 0 heterocycles. The second-order valence-corrected chi connectivity index (χ2v) is 4.91. The smallest absolute Gasteiger partial charge is 0.00649 e. The Morgan fingerprint density at radius 1 is 1.20 bits per heavy atom. The minimum Gasteiger partial charge on any atom is -0.161 e. The third kappa shape index (κ3) is 6.94. The largest absolute Gasteiger partial charge is 0.161 e. The molecule has 0 saturated carbocycles. The summed E-state index contributed by atoms with van der Waals surface area (Å²) in [7, 11) is 0. The van der Waals surface area contributed by atoms with Gasteiger partial charge in [0.15, 0.2) is 0 Å². The zero-order valence-electron chi connectivity index (χ0n) is 7.06. The standard InChI is InChI=1S/C8H17BrS/c1-7(2)5-10-6-8(3)4-9/h7-8H,4-6H2,1-3H3. The Kier molecular flexibility index (Phi) is 7.08. The van der Waals surface area contributed by atoms with Gasteiger partial charge in [-0.05, 0) is 23.3 Å². The van der Waals surface area contributed by atoms with E-state index in [0.29, 0.717) is 0 Å². The lowest BCUT2D eigenvalue weighted by atomic mass is 10.3. The van der Waals surface area contributed by atoms with Gasteiger partial charge in [0, 0.05) is 5.33 Å². The van der Waals surface area contributed by atoms with E-state index in [0.717, 1.165) is 17.2 Å². The molecule has 0 aliphatic heterocycles. The number of hydrogen-bond acceptors (Lipinski definition) is 1. The molecule has 0 radical (unpaired) electrons. The molecule has 0 saturated heterocycles. The van der Waals surface area contributed by atoms with E-state index in [1.807, 2.05) is 0 Å². The van der Waals surface area contributed by atoms with Crippen LogP contribution in [-0.4, -0.2) is 16.8 Å². The van der Waals surface area contributed by atoms with E-state index in [4.69, 9.17) is 0 Å². The molecule has 0 aromatic rings. The minimum absolute atomic E-state index is 0.823. The maximum absolute atomic E-state index is 3.47. The van der Waals surface area contributed by atoms with E-state index in [-0.39, 0.29) is 0 Å². The van der Waals surface area contributed by atoms with Crippen LogP contribution in [0.15, 0.2) is 0 Å². The number of hydrogen-bond donors (Lipinski definition) is 0. The highest BCUT2D eigenvalue weighted by atomic mass is 79.9. The molecule has 2 heteroatoms. The van der Waals surface area contributed by atoms with Gasteiger partial charge in [0.1, 0.15) is 0 Å². The van der Waals surface area contributed by atoms with E-state index in [1.165, 1.54) is 11.5 Å². The number of halogens is 1. The summed E-state index contributed by atoms with van der Waals surface area (Å²) in [5.41, 5.74) is 0. The second-order valence-electron chi connectivity index (χ2n) is 3.19. The van der Waals surface area contributed by atoms with Gasteiger partial charge in [-0.25, -0.2) is 0 Å². The molecule has 0 aromatic carbocycles. The SMILES string of the molecule is CC(C)CSCC(C)CBr. The van der Waals surface area contributed by atoms with Gasteiger partial charge in [0.2, 0.25) is 0 Å². The summed E-state index contributed by atoms with van der Waals surface area (Å²) >= 11 is 5.53. The molecule has 0 aliphatic carbocycles. The third-order valence-electron chi connectivity index (χ3n) is 1.12. The van der Waals surface area contributed by atoms with Crippen LogP contribution >= 0.6 is 27.7 Å². The quantitative estimate of drug-likeness (QED) is 0.646. The Labute approximate surface area is 77.3 Å². The monoisotopic (exact) mass is 224 g/mol. The van der Waals surface area contributed by atoms with E-state index < -0.39 is 0 Å². The molecule has 0 bridgehead atoms. The van der Waals surface area contributed by atoms with Crippen molar-refractivity contribution in [2.45, 2.75) is 20.8 Å². The van der Waals surface area contributed by atoms with Gasteiger partial charge >= 0.3 is 0 Å². The average molecular weight is 225 g/mol. The van der Waals surface area contributed by atoms with Crippen molar-refractivity contribution in [3.8, 4) is 0 Å². The first kappa shape index (κ1) is 10.8. The fraction of sp³-hybridized carbons (Fsp3) is 1.00. The third-order valence-corrected chi connectivity index (χ3v) is 3.93. The van der Waals surface area contributed by atoms with Gasteiger partial charge in [-0.2, -0.15) is 11.8 Å². The van der Waals surface area contributed by atoms with Crippen molar-refractivity contribution in [2.75, 3.05) is 16.8 Å². The summed E-state index contributed by atoms with van der Waals surface area (Å²) in [6.07, 6.45) is 0. The summed E-state index contributed by atoms with van der Waals surface area (Å²) in [6, 6.07) is 0. The van der Waals surface area contributed by atoms with Gasteiger partial charge in [-0.3, -0.25) is 0 Å². The topological polar surface area (TPSA) is 0 Å². The van der Waals surface area contributed by atoms with Crippen LogP contribution in [0.2, 0.25) is 0 Å². The van der Waals surface area contributed by atoms with Crippen LogP contribution in [0.1, 0.15) is 20.8 Å². The number of alkyl halides is 1. The molecular weight excluding hydrogens is 208 g/mol. The van der Waals surface area contributed by atoms with Gasteiger partial charge < -0.3 is 0 Å². The van der Waals surface area contributed by atoms with Gasteiger partial charge in [-0.15, -0.1) is 0 Å². The Morgan fingerprint density at radius 3 is 2.20 bits per heavy atom. The Morgan fingerprint density at radius 2 is 1.80 bits per heavy atom. The first-order valence-electron chi connectivity index (χ1n) is 3.80. The zero-order chi connectivity index (χ0) is 7.98. The van der Waals surface area contributed by atoms with Crippen LogP contribution in [0.5, 0.6) is 0 Å². The van der Waals surface area contributed by atoms with Gasteiger partial charge in [0.25, 0.3) is 0 Å². The molecule has 1 unspecified atom stereocenters. The van der Waals surface area contributed by atoms with Crippen molar-refractivity contribution in [3.63, 3.8) is 0 Å². The molecule has 1 atom stereocenters. The van der Waals surface area contributed by atoms with Crippen LogP contribution in [0.3, 0.4) is 0 Å². The summed E-state index contributed by atoms with van der Waals surface area (Å²) < 4.78 is 0. The van der Waals surface area contributed by atoms with E-state index >= 15 is 0 Å². The summed E-state index contributed by atoms with van der Waals surface area (Å²) in [6.45, 7) is 6.82. The van der Waals surface area contributed by atoms with Crippen LogP contribution < -0.4 is 0 Å². The molecule has 0 N–H and O–H groups in total. The molecule has 0 spiro atoms. The van der Waals surface area contributed by atoms with Crippen molar-refractivity contribution in [1.82, 2.24) is 0 Å². The lowest BCUT2D eigenvalue weighted by Gasteiger charge is -2.07. The first-order chi connectivity index (χ1) is 4.66. The predicted molar refractivity (Wildman–Crippen MR) is 55.1 cm³/mol. The number of rotatable bonds is 5. The van der Waals surface area contributed by atoms with Crippen molar-refractivity contribution in [2.24, 2.45) is 11.8 Å². The lowest BCUT2D eigenvalue weighted by Crippen LogP contribution is -2.01. The highest BCUT2D eigenvalue weighted by Gasteiger charge is 2.00. The normalized spacial score (nSPS) is 14.1. The highest BCUT2D eigenvalue weighted by Crippen LogP contribution is 2.13. The minimum atomic E-state index is 0.823. The van der Waals surface area contributed by atoms with Gasteiger partial charge in [0.05, 0.1) is 0 Å². The molecule has 0 aromatic heterocycles. The van der Waals surface area contributed by atoms with Crippen LogP contribution in [0, 0.1) is 11.8 Å². The molecule has 10 heavy (non-hydrogen) atoms. The Bertz CT molecular complexity index is 73.7. The number of thioether (sulfide) groups is 1. The second kappa shape index (κ2) is 6.53. The summed E-state index contributed by atoms with van der Waals surface area (Å²) in [5.74, 6) is 4.26. The fourth-order valence-electron chi connectivity index (χ4n) is 0.549. The maximum atomic E-state index is 3.47. The van der Waals surface area contributed by atoms with Crippen LogP contribution in [-0.2, 0) is 0 Å². The molecule has 62 valence electrons. The fourth-order valence-corrected chi connectivity index (χ4v) is 2.21. The molecule has 0 rings (SSSR count). The van der Waals surface area contributed by atoms with Crippen molar-refractivity contribution >= 4 is 27.7 Å². The van der Waals surface area contributed by atoms with Crippen LogP contribution in [0.25, 0.3) is 0 Å². The van der Waals surface area contributed by atoms with E-state index in [9.17, 15) is 0 Å². The predicted octanol–water partition coefficient (Wildman–Crippen LogP) is 3.41. The van der Waals surface area contributed by atoms with Crippen molar-refractivity contribution < 1.29 is 0 Å². The van der Waals surface area contributed by atoms with Gasteiger partial charge in [-0.1, -0.05) is 36.7 Å². The highest BCUT2D eigenvalue weighted by molar-refractivity contribution is 9.09. The maximum Gasteiger partial charge on any atom is 0.00649 e. The van der Waals surface area contributed by atoms with Crippen LogP contribution in [0.4, 0.5) is 0 Å². The van der Waals surface area contributed by atoms with Crippen molar-refractivity contribution in [3.05, 3.63) is 0 Å². The first-order valence-corrected chi connectivity index (χ1v) is 6.08.